The highest BCUT2D eigenvalue weighted by Crippen LogP contribution is 2.60. The molecule has 292 valence electrons. The molecular weight excluding hydrogens is 755 g/mol. The van der Waals surface area contributed by atoms with Crippen molar-refractivity contribution in [1.82, 2.24) is 15.0 Å². The third-order valence-corrected chi connectivity index (χ3v) is 12.8. The van der Waals surface area contributed by atoms with Crippen LogP contribution in [0.2, 0.25) is 0 Å². The number of aromatic nitrogens is 3. The number of para-hydroxylation sites is 1. The first-order valence-electron chi connectivity index (χ1n) is 21.2. The van der Waals surface area contributed by atoms with Gasteiger partial charge in [0, 0.05) is 33.0 Å². The summed E-state index contributed by atoms with van der Waals surface area (Å²) >= 11 is 0. The second-order valence-electron chi connectivity index (χ2n) is 16.4. The molecule has 4 heteroatoms. The minimum absolute atomic E-state index is 0.600. The molecule has 62 heavy (non-hydrogen) atoms. The van der Waals surface area contributed by atoms with Crippen molar-refractivity contribution < 1.29 is 4.42 Å². The fourth-order valence-corrected chi connectivity index (χ4v) is 9.90. The molecule has 2 heterocycles. The number of furan rings is 1. The SMILES string of the molecule is Cc1ccc(C2(c3ccc(C)cc3)c3ccccc3-c3c2cc(-c2ccc(-c4nc(-c5ccccc5)nc(-c5ccccc5)n4)c4ccccc24)c2oc4ccccc4c32)cc1. The van der Waals surface area contributed by atoms with Crippen LogP contribution < -0.4 is 0 Å². The highest BCUT2D eigenvalue weighted by molar-refractivity contribution is 6.21. The predicted octanol–water partition coefficient (Wildman–Crippen LogP) is 14.6. The normalized spacial score (nSPS) is 12.8. The van der Waals surface area contributed by atoms with Crippen LogP contribution >= 0.6 is 0 Å². The number of hydrogen-bond acceptors (Lipinski definition) is 4. The number of nitrogens with zero attached hydrogens (tertiary/aromatic N) is 3. The van der Waals surface area contributed by atoms with E-state index in [1.165, 1.54) is 44.5 Å². The van der Waals surface area contributed by atoms with Gasteiger partial charge in [-0.3, -0.25) is 0 Å². The Kier molecular flexibility index (Phi) is 8.16. The van der Waals surface area contributed by atoms with Crippen molar-refractivity contribution in [3.8, 4) is 56.4 Å². The van der Waals surface area contributed by atoms with Crippen LogP contribution in [0.5, 0.6) is 0 Å². The molecule has 0 unspecified atom stereocenters. The Morgan fingerprint density at radius 3 is 1.52 bits per heavy atom. The molecule has 0 saturated carbocycles. The standard InChI is InChI=1S/C58H39N3O/c1-36-25-29-40(30-26-36)58(41-31-27-37(2)28-32-41)49-23-13-11-21-46(49)52-50(58)35-48(54-53(52)47-22-12-14-24-51(47)62-54)44-33-34-45(43-20-10-9-19-42(43)44)57-60-55(38-15-5-3-6-16-38)59-56(61-57)39-17-7-4-8-18-39/h3-35H,1-2H3. The number of hydrogen-bond donors (Lipinski definition) is 0. The Hall–Kier alpha value is -7.95. The van der Waals surface area contributed by atoms with Gasteiger partial charge in [0.1, 0.15) is 11.2 Å². The summed E-state index contributed by atoms with van der Waals surface area (Å²) in [5.74, 6) is 1.89. The third-order valence-electron chi connectivity index (χ3n) is 12.8. The van der Waals surface area contributed by atoms with Crippen molar-refractivity contribution in [2.24, 2.45) is 0 Å². The van der Waals surface area contributed by atoms with Gasteiger partial charge in [-0.1, -0.05) is 193 Å². The van der Waals surface area contributed by atoms with Crippen LogP contribution in [0.3, 0.4) is 0 Å². The van der Waals surface area contributed by atoms with Crippen LogP contribution in [0.4, 0.5) is 0 Å². The van der Waals surface area contributed by atoms with E-state index in [1.54, 1.807) is 0 Å². The second-order valence-corrected chi connectivity index (χ2v) is 16.4. The van der Waals surface area contributed by atoms with Gasteiger partial charge in [-0.05, 0) is 81.8 Å². The van der Waals surface area contributed by atoms with Gasteiger partial charge in [0.2, 0.25) is 0 Å². The number of rotatable bonds is 6. The van der Waals surface area contributed by atoms with E-state index in [-0.39, 0.29) is 0 Å². The fourth-order valence-electron chi connectivity index (χ4n) is 9.90. The summed E-state index contributed by atoms with van der Waals surface area (Å²) < 4.78 is 7.05. The van der Waals surface area contributed by atoms with Crippen molar-refractivity contribution in [1.29, 1.82) is 0 Å². The van der Waals surface area contributed by atoms with Crippen LogP contribution in [-0.2, 0) is 5.41 Å². The van der Waals surface area contributed by atoms with Gasteiger partial charge >= 0.3 is 0 Å². The monoisotopic (exact) mass is 793 g/mol. The topological polar surface area (TPSA) is 51.8 Å². The zero-order valence-corrected chi connectivity index (χ0v) is 34.3. The summed E-state index contributed by atoms with van der Waals surface area (Å²) in [5, 5.41) is 4.37. The van der Waals surface area contributed by atoms with Gasteiger partial charge in [-0.2, -0.15) is 0 Å². The molecule has 9 aromatic carbocycles. The summed E-state index contributed by atoms with van der Waals surface area (Å²) in [4.78, 5) is 15.3. The van der Waals surface area contributed by atoms with Gasteiger partial charge in [0.15, 0.2) is 17.5 Å². The molecule has 0 fully saturated rings. The second kappa shape index (κ2) is 14.1. The molecule has 12 rings (SSSR count). The molecule has 0 N–H and O–H groups in total. The van der Waals surface area contributed by atoms with Crippen LogP contribution in [0, 0.1) is 13.8 Å². The Balaban J connectivity index is 1.17. The molecule has 1 aliphatic rings. The summed E-state index contributed by atoms with van der Waals surface area (Å²) in [5.41, 5.74) is 15.9. The zero-order valence-electron chi connectivity index (χ0n) is 34.3. The maximum absolute atomic E-state index is 7.05. The molecular formula is C58H39N3O. The molecule has 11 aromatic rings. The van der Waals surface area contributed by atoms with E-state index < -0.39 is 5.41 Å². The predicted molar refractivity (Wildman–Crippen MR) is 253 cm³/mol. The van der Waals surface area contributed by atoms with E-state index in [0.29, 0.717) is 17.5 Å². The number of aryl methyl sites for hydroxylation is 2. The quantitative estimate of drug-likeness (QED) is 0.168. The number of benzene rings is 9. The van der Waals surface area contributed by atoms with E-state index in [0.717, 1.165) is 60.5 Å². The van der Waals surface area contributed by atoms with E-state index in [9.17, 15) is 0 Å². The maximum Gasteiger partial charge on any atom is 0.164 e. The van der Waals surface area contributed by atoms with Crippen LogP contribution in [0.25, 0.3) is 89.1 Å². The molecule has 2 aromatic heterocycles. The highest BCUT2D eigenvalue weighted by atomic mass is 16.3. The molecule has 1 aliphatic carbocycles. The molecule has 0 radical (unpaired) electrons. The van der Waals surface area contributed by atoms with E-state index in [1.807, 2.05) is 60.7 Å². The van der Waals surface area contributed by atoms with Gasteiger partial charge in [0.05, 0.1) is 5.41 Å². The summed E-state index contributed by atoms with van der Waals surface area (Å²) in [7, 11) is 0. The van der Waals surface area contributed by atoms with Gasteiger partial charge in [0.25, 0.3) is 0 Å². The average Bonchev–Trinajstić information content (AvgIpc) is 3.86. The molecule has 0 spiro atoms. The highest BCUT2D eigenvalue weighted by Gasteiger charge is 2.47. The smallest absolute Gasteiger partial charge is 0.164 e. The Bertz CT molecular complexity index is 3410. The molecule has 0 aliphatic heterocycles. The zero-order chi connectivity index (χ0) is 41.4. The lowest BCUT2D eigenvalue weighted by molar-refractivity contribution is 0.669. The van der Waals surface area contributed by atoms with Gasteiger partial charge < -0.3 is 4.42 Å². The lowest BCUT2D eigenvalue weighted by Gasteiger charge is -2.34. The summed E-state index contributed by atoms with van der Waals surface area (Å²) in [6.07, 6.45) is 0. The van der Waals surface area contributed by atoms with Crippen LogP contribution in [0.15, 0.2) is 205 Å². The van der Waals surface area contributed by atoms with E-state index >= 15 is 0 Å². The molecule has 4 nitrogen and oxygen atoms in total. The number of fused-ring (bicyclic) bond motifs is 8. The van der Waals surface area contributed by atoms with Crippen molar-refractivity contribution in [3.05, 3.63) is 234 Å². The summed E-state index contributed by atoms with van der Waals surface area (Å²) in [6, 6.07) is 71.5. The summed E-state index contributed by atoms with van der Waals surface area (Å²) in [6.45, 7) is 4.32. The first-order chi connectivity index (χ1) is 30.6. The largest absolute Gasteiger partial charge is 0.455 e. The van der Waals surface area contributed by atoms with Crippen molar-refractivity contribution in [2.75, 3.05) is 0 Å². The van der Waals surface area contributed by atoms with Crippen LogP contribution in [-0.4, -0.2) is 15.0 Å². The lowest BCUT2D eigenvalue weighted by atomic mass is 9.67. The first kappa shape index (κ1) is 35.9. The first-order valence-corrected chi connectivity index (χ1v) is 21.2. The van der Waals surface area contributed by atoms with E-state index in [2.05, 4.69) is 153 Å². The lowest BCUT2D eigenvalue weighted by Crippen LogP contribution is -2.28. The Morgan fingerprint density at radius 1 is 0.387 bits per heavy atom. The van der Waals surface area contributed by atoms with E-state index in [4.69, 9.17) is 19.4 Å². The molecule has 0 bridgehead atoms. The molecule has 0 saturated heterocycles. The molecule has 0 amide bonds. The Morgan fingerprint density at radius 2 is 0.887 bits per heavy atom. The minimum Gasteiger partial charge on any atom is -0.455 e. The van der Waals surface area contributed by atoms with Crippen molar-refractivity contribution >= 4 is 32.7 Å². The third kappa shape index (κ3) is 5.43. The van der Waals surface area contributed by atoms with Gasteiger partial charge in [-0.25, -0.2) is 15.0 Å². The van der Waals surface area contributed by atoms with Gasteiger partial charge in [-0.15, -0.1) is 0 Å². The van der Waals surface area contributed by atoms with Crippen LogP contribution in [0.1, 0.15) is 33.4 Å². The average molecular weight is 794 g/mol. The maximum atomic E-state index is 7.05. The minimum atomic E-state index is -0.600. The fraction of sp³-hybridized carbons (Fsp3) is 0.0517. The van der Waals surface area contributed by atoms with Crippen molar-refractivity contribution in [2.45, 2.75) is 19.3 Å². The Labute approximate surface area is 359 Å². The van der Waals surface area contributed by atoms with Crippen molar-refractivity contribution in [3.63, 3.8) is 0 Å². The molecule has 0 atom stereocenters.